The lowest BCUT2D eigenvalue weighted by molar-refractivity contribution is -0.125. The summed E-state index contributed by atoms with van der Waals surface area (Å²) in [5.41, 5.74) is -0.581. The third kappa shape index (κ3) is 0.713. The number of rotatable bonds is 3. The minimum Gasteiger partial charge on any atom is -0.295 e. The molecule has 2 rings (SSSR count). The van der Waals surface area contributed by atoms with Crippen LogP contribution in [0.2, 0.25) is 0 Å². The van der Waals surface area contributed by atoms with E-state index < -0.39 is 0 Å². The van der Waals surface area contributed by atoms with E-state index in [-0.39, 0.29) is 11.2 Å². The Morgan fingerprint density at radius 2 is 1.25 bits per heavy atom. The number of nitrogens with two attached hydrogens (primary N) is 2. The Labute approximate surface area is 72.1 Å². The van der Waals surface area contributed by atoms with Crippen LogP contribution in [0.1, 0.15) is 26.7 Å². The summed E-state index contributed by atoms with van der Waals surface area (Å²) < 4.78 is 0. The molecule has 0 bridgehead atoms. The molecular formula is C8H16N2O2. The highest BCUT2D eigenvalue weighted by molar-refractivity contribution is 5.25. The third-order valence-electron chi connectivity index (χ3n) is 3.63. The van der Waals surface area contributed by atoms with Crippen LogP contribution in [0.25, 0.3) is 0 Å². The monoisotopic (exact) mass is 172 g/mol. The standard InChI is InChI=1S/C8H16N2O2/c1-5-3-7(5,11-9)8(12-10)4-6(8)2/h5-6H,3-4,9-10H2,1-2H3. The highest BCUT2D eigenvalue weighted by Crippen LogP contribution is 2.66. The fourth-order valence-corrected chi connectivity index (χ4v) is 2.50. The van der Waals surface area contributed by atoms with Gasteiger partial charge in [-0.05, 0) is 24.7 Å². The summed E-state index contributed by atoms with van der Waals surface area (Å²) in [6.07, 6.45) is 1.93. The average molecular weight is 172 g/mol. The quantitative estimate of drug-likeness (QED) is 0.602. The van der Waals surface area contributed by atoms with E-state index in [4.69, 9.17) is 21.5 Å². The van der Waals surface area contributed by atoms with Gasteiger partial charge in [0.2, 0.25) is 0 Å². The van der Waals surface area contributed by atoms with Crippen molar-refractivity contribution in [1.82, 2.24) is 0 Å². The summed E-state index contributed by atoms with van der Waals surface area (Å²) in [6.45, 7) is 4.22. The van der Waals surface area contributed by atoms with Crippen molar-refractivity contribution in [3.05, 3.63) is 0 Å². The molecule has 0 spiro atoms. The van der Waals surface area contributed by atoms with E-state index >= 15 is 0 Å². The van der Waals surface area contributed by atoms with Crippen LogP contribution in [0.5, 0.6) is 0 Å². The molecule has 0 amide bonds. The molecule has 4 N–H and O–H groups in total. The second-order valence-electron chi connectivity index (χ2n) is 4.23. The maximum Gasteiger partial charge on any atom is 0.123 e. The molecule has 70 valence electrons. The first kappa shape index (κ1) is 8.44. The molecule has 4 atom stereocenters. The van der Waals surface area contributed by atoms with Crippen molar-refractivity contribution in [1.29, 1.82) is 0 Å². The zero-order valence-corrected chi connectivity index (χ0v) is 7.54. The number of hydrogen-bond donors (Lipinski definition) is 2. The predicted octanol–water partition coefficient (Wildman–Crippen LogP) is 0.324. The molecule has 0 radical (unpaired) electrons. The maximum atomic E-state index is 5.29. The Hall–Kier alpha value is -0.160. The average Bonchev–Trinajstić information content (AvgIpc) is 2.90. The molecule has 0 aromatic heterocycles. The molecule has 4 unspecified atom stereocenters. The zero-order chi connectivity index (χ0) is 8.98. The van der Waals surface area contributed by atoms with Crippen LogP contribution in [0.15, 0.2) is 0 Å². The summed E-state index contributed by atoms with van der Waals surface area (Å²) in [5.74, 6) is 11.5. The summed E-state index contributed by atoms with van der Waals surface area (Å²) in [6, 6.07) is 0. The van der Waals surface area contributed by atoms with Gasteiger partial charge in [0.25, 0.3) is 0 Å². The molecule has 0 heterocycles. The Kier molecular flexibility index (Phi) is 1.55. The lowest BCUT2D eigenvalue weighted by Crippen LogP contribution is -2.43. The summed E-state index contributed by atoms with van der Waals surface area (Å²) in [7, 11) is 0. The van der Waals surface area contributed by atoms with Crippen molar-refractivity contribution in [2.24, 2.45) is 23.6 Å². The van der Waals surface area contributed by atoms with E-state index in [2.05, 4.69) is 13.8 Å². The van der Waals surface area contributed by atoms with Crippen molar-refractivity contribution < 1.29 is 9.68 Å². The SMILES string of the molecule is CC1CC1(ON)C1(ON)CC1C. The minimum absolute atomic E-state index is 0.291. The van der Waals surface area contributed by atoms with Gasteiger partial charge in [0.1, 0.15) is 11.2 Å². The van der Waals surface area contributed by atoms with Crippen molar-refractivity contribution in [3.63, 3.8) is 0 Å². The molecule has 0 saturated heterocycles. The van der Waals surface area contributed by atoms with E-state index in [9.17, 15) is 0 Å². The summed E-state index contributed by atoms with van der Waals surface area (Å²) in [5, 5.41) is 0. The highest BCUT2D eigenvalue weighted by atomic mass is 16.7. The maximum absolute atomic E-state index is 5.29. The fourth-order valence-electron chi connectivity index (χ4n) is 2.50. The molecule has 2 aliphatic carbocycles. The van der Waals surface area contributed by atoms with E-state index in [1.165, 1.54) is 0 Å². The number of hydrogen-bond acceptors (Lipinski definition) is 4. The van der Waals surface area contributed by atoms with Crippen LogP contribution in [0.4, 0.5) is 0 Å². The first-order valence-electron chi connectivity index (χ1n) is 4.39. The van der Waals surface area contributed by atoms with Crippen molar-refractivity contribution in [2.75, 3.05) is 0 Å². The molecule has 4 heteroatoms. The third-order valence-corrected chi connectivity index (χ3v) is 3.63. The largest absolute Gasteiger partial charge is 0.295 e. The Balaban J connectivity index is 2.18. The highest BCUT2D eigenvalue weighted by Gasteiger charge is 2.76. The lowest BCUT2D eigenvalue weighted by atomic mass is 10.1. The molecule has 4 nitrogen and oxygen atoms in total. The van der Waals surface area contributed by atoms with Gasteiger partial charge >= 0.3 is 0 Å². The molecule has 0 aliphatic heterocycles. The van der Waals surface area contributed by atoms with E-state index in [1.807, 2.05) is 0 Å². The van der Waals surface area contributed by atoms with Gasteiger partial charge in [-0.25, -0.2) is 11.8 Å². The van der Waals surface area contributed by atoms with Crippen LogP contribution >= 0.6 is 0 Å². The van der Waals surface area contributed by atoms with Gasteiger partial charge in [-0.3, -0.25) is 9.68 Å². The normalized spacial score (nSPS) is 57.0. The predicted molar refractivity (Wildman–Crippen MR) is 43.6 cm³/mol. The lowest BCUT2D eigenvalue weighted by Gasteiger charge is -2.24. The van der Waals surface area contributed by atoms with Gasteiger partial charge in [-0.15, -0.1) is 0 Å². The Morgan fingerprint density at radius 1 is 1.00 bits per heavy atom. The van der Waals surface area contributed by atoms with Gasteiger partial charge in [0, 0.05) is 0 Å². The second kappa shape index (κ2) is 2.20. The van der Waals surface area contributed by atoms with Crippen LogP contribution in [0.3, 0.4) is 0 Å². The fraction of sp³-hybridized carbons (Fsp3) is 1.00. The molecule has 2 saturated carbocycles. The Bertz CT molecular complexity index is 181. The van der Waals surface area contributed by atoms with E-state index in [0.29, 0.717) is 11.8 Å². The molecule has 12 heavy (non-hydrogen) atoms. The van der Waals surface area contributed by atoms with Gasteiger partial charge < -0.3 is 0 Å². The van der Waals surface area contributed by atoms with Gasteiger partial charge in [-0.1, -0.05) is 13.8 Å². The summed E-state index contributed by atoms with van der Waals surface area (Å²) in [4.78, 5) is 10.1. The molecule has 2 aliphatic rings. The summed E-state index contributed by atoms with van der Waals surface area (Å²) >= 11 is 0. The van der Waals surface area contributed by atoms with Gasteiger partial charge in [0.05, 0.1) is 0 Å². The van der Waals surface area contributed by atoms with Crippen molar-refractivity contribution in [3.8, 4) is 0 Å². The first-order valence-corrected chi connectivity index (χ1v) is 4.39. The van der Waals surface area contributed by atoms with E-state index in [0.717, 1.165) is 12.8 Å². The van der Waals surface area contributed by atoms with Crippen LogP contribution in [-0.2, 0) is 9.68 Å². The van der Waals surface area contributed by atoms with Gasteiger partial charge in [-0.2, -0.15) is 0 Å². The molecule has 0 aromatic rings. The van der Waals surface area contributed by atoms with Gasteiger partial charge in [0.15, 0.2) is 0 Å². The van der Waals surface area contributed by atoms with Crippen LogP contribution in [0, 0.1) is 11.8 Å². The molecular weight excluding hydrogens is 156 g/mol. The molecule has 2 fully saturated rings. The smallest absolute Gasteiger partial charge is 0.123 e. The van der Waals surface area contributed by atoms with E-state index in [1.54, 1.807) is 0 Å². The topological polar surface area (TPSA) is 70.5 Å². The molecule has 0 aromatic carbocycles. The first-order chi connectivity index (χ1) is 5.63. The minimum atomic E-state index is -0.291. The van der Waals surface area contributed by atoms with Crippen molar-refractivity contribution in [2.45, 2.75) is 37.9 Å². The zero-order valence-electron chi connectivity index (χ0n) is 7.54. The van der Waals surface area contributed by atoms with Crippen molar-refractivity contribution >= 4 is 0 Å². The second-order valence-corrected chi connectivity index (χ2v) is 4.23. The van der Waals surface area contributed by atoms with Crippen LogP contribution < -0.4 is 11.8 Å². The van der Waals surface area contributed by atoms with Crippen LogP contribution in [-0.4, -0.2) is 11.2 Å². The Morgan fingerprint density at radius 3 is 1.33 bits per heavy atom.